The van der Waals surface area contributed by atoms with Crippen molar-refractivity contribution in [2.75, 3.05) is 26.4 Å². The maximum absolute atomic E-state index is 11.0. The van der Waals surface area contributed by atoms with Crippen LogP contribution in [0.5, 0.6) is 0 Å². The highest BCUT2D eigenvalue weighted by atomic mass is 32.2. The number of likely N-dealkylation sites (N-methyl/N-ethyl adjacent to an activating group) is 1. The van der Waals surface area contributed by atoms with Gasteiger partial charge in [0.1, 0.15) is 18.7 Å². The Balaban J connectivity index is 2.64. The molecule has 0 fully saturated rings. The van der Waals surface area contributed by atoms with Crippen LogP contribution in [0, 0.1) is 0 Å². The summed E-state index contributed by atoms with van der Waals surface area (Å²) in [4.78, 5) is 0. The Bertz CT molecular complexity index is 631. The molecule has 0 aliphatic rings. The first-order valence-electron chi connectivity index (χ1n) is 10.6. The van der Waals surface area contributed by atoms with E-state index in [9.17, 15) is 18.1 Å². The number of benzene rings is 1. The largest absolute Gasteiger partial charge is 0.748 e. The Kier molecular flexibility index (Phi) is 11.3. The molecular weight excluding hydrogens is 374 g/mol. The van der Waals surface area contributed by atoms with Gasteiger partial charge in [-0.05, 0) is 6.42 Å². The summed E-state index contributed by atoms with van der Waals surface area (Å²) in [5.41, 5.74) is 1.19. The number of aliphatic hydroxyl groups excluding tert-OH is 1. The van der Waals surface area contributed by atoms with Crippen LogP contribution < -0.4 is 0 Å². The van der Waals surface area contributed by atoms with E-state index in [4.69, 9.17) is 0 Å². The van der Waals surface area contributed by atoms with Crippen LogP contribution in [-0.4, -0.2) is 55.1 Å². The van der Waals surface area contributed by atoms with E-state index < -0.39 is 22.0 Å². The summed E-state index contributed by atoms with van der Waals surface area (Å²) in [5, 5.41) is 10.1. The van der Waals surface area contributed by atoms with E-state index in [0.717, 1.165) is 12.8 Å². The van der Waals surface area contributed by atoms with Gasteiger partial charge >= 0.3 is 0 Å². The lowest BCUT2D eigenvalue weighted by atomic mass is 9.96. The number of quaternary nitrogens is 1. The maximum Gasteiger partial charge on any atom is 0.116 e. The molecule has 28 heavy (non-hydrogen) atoms. The molecule has 0 spiro atoms. The summed E-state index contributed by atoms with van der Waals surface area (Å²) in [7, 11) is -0.424. The zero-order valence-electron chi connectivity index (χ0n) is 17.8. The Hall–Kier alpha value is -0.950. The predicted molar refractivity (Wildman–Crippen MR) is 114 cm³/mol. The first-order valence-corrected chi connectivity index (χ1v) is 12.2. The van der Waals surface area contributed by atoms with Gasteiger partial charge in [-0.1, -0.05) is 82.2 Å². The lowest BCUT2D eigenvalue weighted by molar-refractivity contribution is -0.924. The van der Waals surface area contributed by atoms with Gasteiger partial charge in [-0.3, -0.25) is 0 Å². The Morgan fingerprint density at radius 2 is 1.50 bits per heavy atom. The number of rotatable bonds is 15. The van der Waals surface area contributed by atoms with Crippen molar-refractivity contribution in [3.8, 4) is 0 Å². The lowest BCUT2D eigenvalue weighted by Gasteiger charge is -2.40. The molecule has 162 valence electrons. The van der Waals surface area contributed by atoms with Gasteiger partial charge in [0.2, 0.25) is 0 Å². The predicted octanol–water partition coefficient (Wildman–Crippen LogP) is 4.24. The minimum Gasteiger partial charge on any atom is -0.748 e. The van der Waals surface area contributed by atoms with Crippen molar-refractivity contribution >= 4 is 10.1 Å². The molecule has 0 aliphatic carbocycles. The molecule has 2 unspecified atom stereocenters. The quantitative estimate of drug-likeness (QED) is 0.265. The summed E-state index contributed by atoms with van der Waals surface area (Å²) in [6.45, 7) is 2.46. The zero-order chi connectivity index (χ0) is 21.0. The fourth-order valence-electron chi connectivity index (χ4n) is 4.03. The molecule has 2 atom stereocenters. The molecule has 0 aliphatic heterocycles. The molecule has 0 saturated carbocycles. The third-order valence-corrected chi connectivity index (χ3v) is 6.23. The first kappa shape index (κ1) is 25.1. The summed E-state index contributed by atoms with van der Waals surface area (Å²) >= 11 is 0. The number of hydrogen-bond acceptors (Lipinski definition) is 4. The normalized spacial score (nSPS) is 14.8. The summed E-state index contributed by atoms with van der Waals surface area (Å²) in [5.74, 6) is -0.728. The van der Waals surface area contributed by atoms with Crippen molar-refractivity contribution < 1.29 is 22.6 Å². The lowest BCUT2D eigenvalue weighted by Crippen LogP contribution is -2.49. The highest BCUT2D eigenvalue weighted by Crippen LogP contribution is 2.31. The average Bonchev–Trinajstić information content (AvgIpc) is 2.58. The van der Waals surface area contributed by atoms with Gasteiger partial charge in [-0.25, -0.2) is 8.42 Å². The number of aliphatic hydroxyl groups is 1. The van der Waals surface area contributed by atoms with Crippen molar-refractivity contribution in [1.29, 1.82) is 0 Å². The van der Waals surface area contributed by atoms with Crippen molar-refractivity contribution in [3.05, 3.63) is 35.9 Å². The Morgan fingerprint density at radius 1 is 0.964 bits per heavy atom. The first-order chi connectivity index (χ1) is 13.2. The molecule has 6 heteroatoms. The van der Waals surface area contributed by atoms with Crippen LogP contribution in [0.15, 0.2) is 30.3 Å². The van der Waals surface area contributed by atoms with Gasteiger partial charge in [0, 0.05) is 12.0 Å². The topological polar surface area (TPSA) is 77.4 Å². The molecule has 0 aromatic heterocycles. The van der Waals surface area contributed by atoms with E-state index in [1.165, 1.54) is 50.5 Å². The molecule has 1 aromatic rings. The van der Waals surface area contributed by atoms with Gasteiger partial charge < -0.3 is 14.1 Å². The summed E-state index contributed by atoms with van der Waals surface area (Å²) in [6, 6.07) is 10.3. The monoisotopic (exact) mass is 413 g/mol. The minimum absolute atomic E-state index is 0.158. The van der Waals surface area contributed by atoms with Crippen LogP contribution in [0.1, 0.15) is 76.3 Å². The van der Waals surface area contributed by atoms with Crippen LogP contribution in [0.2, 0.25) is 0 Å². The van der Waals surface area contributed by atoms with Crippen LogP contribution in [0.3, 0.4) is 0 Å². The second kappa shape index (κ2) is 12.6. The SMILES string of the molecule is CCCCCCCCCCC(c1ccccc1)[N+](C)(C)CC(O)CS(=O)(=O)[O-]. The Labute approximate surface area is 172 Å². The second-order valence-corrected chi connectivity index (χ2v) is 9.98. The molecule has 0 radical (unpaired) electrons. The highest BCUT2D eigenvalue weighted by molar-refractivity contribution is 7.85. The van der Waals surface area contributed by atoms with Crippen molar-refractivity contribution in [2.45, 2.75) is 76.9 Å². The molecule has 1 N–H and O–H groups in total. The fourth-order valence-corrected chi connectivity index (χ4v) is 4.60. The van der Waals surface area contributed by atoms with Crippen LogP contribution in [0.4, 0.5) is 0 Å². The van der Waals surface area contributed by atoms with Crippen LogP contribution in [-0.2, 0) is 10.1 Å². The third kappa shape index (κ3) is 10.6. The third-order valence-electron chi connectivity index (χ3n) is 5.44. The van der Waals surface area contributed by atoms with E-state index >= 15 is 0 Å². The maximum atomic E-state index is 11.0. The van der Waals surface area contributed by atoms with Crippen molar-refractivity contribution in [3.63, 3.8) is 0 Å². The van der Waals surface area contributed by atoms with Gasteiger partial charge in [-0.2, -0.15) is 0 Å². The molecule has 0 amide bonds. The molecule has 0 heterocycles. The molecule has 5 nitrogen and oxygen atoms in total. The van der Waals surface area contributed by atoms with Crippen molar-refractivity contribution in [1.82, 2.24) is 0 Å². The van der Waals surface area contributed by atoms with Gasteiger partial charge in [0.05, 0.1) is 30.0 Å². The zero-order valence-corrected chi connectivity index (χ0v) is 18.7. The van der Waals surface area contributed by atoms with Crippen LogP contribution >= 0.6 is 0 Å². The fraction of sp³-hybridized carbons (Fsp3) is 0.727. The second-order valence-electron chi connectivity index (χ2n) is 8.53. The molecule has 0 saturated heterocycles. The van der Waals surface area contributed by atoms with E-state index in [0.29, 0.717) is 4.48 Å². The molecule has 1 rings (SSSR count). The molecular formula is C22H39NO4S. The van der Waals surface area contributed by atoms with Crippen LogP contribution in [0.25, 0.3) is 0 Å². The van der Waals surface area contributed by atoms with Gasteiger partial charge in [-0.15, -0.1) is 0 Å². The number of nitrogens with zero attached hydrogens (tertiary/aromatic N) is 1. The summed E-state index contributed by atoms with van der Waals surface area (Å²) < 4.78 is 33.4. The molecule has 0 bridgehead atoms. The van der Waals surface area contributed by atoms with E-state index in [2.05, 4.69) is 19.1 Å². The summed E-state index contributed by atoms with van der Waals surface area (Å²) in [6.07, 6.45) is 9.88. The van der Waals surface area contributed by atoms with E-state index in [1.807, 2.05) is 32.3 Å². The number of unbranched alkanes of at least 4 members (excludes halogenated alkanes) is 7. The van der Waals surface area contributed by atoms with E-state index in [1.54, 1.807) is 0 Å². The smallest absolute Gasteiger partial charge is 0.116 e. The minimum atomic E-state index is -4.43. The Morgan fingerprint density at radius 3 is 2.04 bits per heavy atom. The van der Waals surface area contributed by atoms with E-state index in [-0.39, 0.29) is 12.6 Å². The number of hydrogen-bond donors (Lipinski definition) is 1. The van der Waals surface area contributed by atoms with Gasteiger partial charge in [0.25, 0.3) is 0 Å². The van der Waals surface area contributed by atoms with Gasteiger partial charge in [0.15, 0.2) is 0 Å². The molecule has 1 aromatic carbocycles. The standard InChI is InChI=1S/C22H39NO4S/c1-4-5-6-7-8-9-10-14-17-22(20-15-12-11-13-16-20)23(2,3)18-21(24)19-28(25,26)27/h11-13,15-16,21-22,24H,4-10,14,17-19H2,1-3H3. The average molecular weight is 414 g/mol. The highest BCUT2D eigenvalue weighted by Gasteiger charge is 2.32. The van der Waals surface area contributed by atoms with Crippen molar-refractivity contribution in [2.24, 2.45) is 0 Å².